The molecular formula is C9H4Cl3IO. The smallest absolute Gasteiger partial charge is 0.147 e. The van der Waals surface area contributed by atoms with Crippen LogP contribution in [0.25, 0.3) is 6.08 Å². The average molecular weight is 361 g/mol. The van der Waals surface area contributed by atoms with Gasteiger partial charge in [0.1, 0.15) is 12.4 Å². The summed E-state index contributed by atoms with van der Waals surface area (Å²) in [6, 6.07) is 1.59. The van der Waals surface area contributed by atoms with E-state index in [2.05, 4.69) is 22.6 Å². The molecule has 1 aromatic rings. The lowest BCUT2D eigenvalue weighted by molar-refractivity contribution is 0.357. The number of rotatable bonds is 0. The first-order chi connectivity index (χ1) is 6.59. The second-order valence-corrected chi connectivity index (χ2v) is 5.35. The van der Waals surface area contributed by atoms with Crippen molar-refractivity contribution in [1.82, 2.24) is 0 Å². The number of hydrogen-bond donors (Lipinski definition) is 0. The molecule has 0 atom stereocenters. The van der Waals surface area contributed by atoms with Crippen molar-refractivity contribution in [1.29, 1.82) is 0 Å². The maximum Gasteiger partial charge on any atom is 0.147 e. The summed E-state index contributed by atoms with van der Waals surface area (Å²) >= 11 is 20.1. The van der Waals surface area contributed by atoms with Crippen molar-refractivity contribution in [2.75, 3.05) is 6.61 Å². The van der Waals surface area contributed by atoms with Gasteiger partial charge >= 0.3 is 0 Å². The van der Waals surface area contributed by atoms with E-state index in [9.17, 15) is 0 Å². The fourth-order valence-corrected chi connectivity index (χ4v) is 2.41. The minimum atomic E-state index is 0.446. The van der Waals surface area contributed by atoms with Gasteiger partial charge in [-0.2, -0.15) is 0 Å². The molecule has 0 aromatic heterocycles. The molecule has 1 aromatic carbocycles. The molecule has 0 amide bonds. The molecule has 14 heavy (non-hydrogen) atoms. The second kappa shape index (κ2) is 4.08. The van der Waals surface area contributed by atoms with Crippen LogP contribution in [0.2, 0.25) is 15.1 Å². The number of benzene rings is 1. The fraction of sp³-hybridized carbons (Fsp3) is 0.111. The number of hydrogen-bond acceptors (Lipinski definition) is 1. The summed E-state index contributed by atoms with van der Waals surface area (Å²) < 4.78 is 6.52. The molecule has 0 aliphatic carbocycles. The van der Waals surface area contributed by atoms with Gasteiger partial charge in [-0.1, -0.05) is 34.8 Å². The zero-order chi connectivity index (χ0) is 10.3. The van der Waals surface area contributed by atoms with E-state index in [1.807, 2.05) is 6.08 Å². The lowest BCUT2D eigenvalue weighted by Gasteiger charge is -2.17. The van der Waals surface area contributed by atoms with Crippen LogP contribution in [0.4, 0.5) is 0 Å². The summed E-state index contributed by atoms with van der Waals surface area (Å²) in [5.74, 6) is 0.612. The predicted molar refractivity (Wildman–Crippen MR) is 69.0 cm³/mol. The van der Waals surface area contributed by atoms with E-state index in [0.717, 1.165) is 9.14 Å². The largest absolute Gasteiger partial charge is 0.486 e. The molecule has 0 saturated carbocycles. The van der Waals surface area contributed by atoms with E-state index < -0.39 is 0 Å². The molecule has 0 saturated heterocycles. The Kier molecular flexibility index (Phi) is 3.17. The van der Waals surface area contributed by atoms with E-state index in [-0.39, 0.29) is 0 Å². The van der Waals surface area contributed by atoms with Crippen LogP contribution in [-0.4, -0.2) is 6.61 Å². The third-order valence-corrected chi connectivity index (χ3v) is 3.52. The van der Waals surface area contributed by atoms with Crippen LogP contribution < -0.4 is 4.74 Å². The van der Waals surface area contributed by atoms with Crippen LogP contribution in [0.5, 0.6) is 5.75 Å². The molecule has 0 unspecified atom stereocenters. The number of halogens is 4. The fourth-order valence-electron chi connectivity index (χ4n) is 1.21. The first kappa shape index (κ1) is 10.9. The normalized spacial score (nSPS) is 14.4. The van der Waals surface area contributed by atoms with Crippen LogP contribution in [0.15, 0.2) is 9.65 Å². The van der Waals surface area contributed by atoms with Crippen LogP contribution in [0.3, 0.4) is 0 Å². The summed E-state index contributed by atoms with van der Waals surface area (Å²) in [6.45, 7) is 0.533. The molecule has 0 bridgehead atoms. The zero-order valence-electron chi connectivity index (χ0n) is 6.78. The van der Waals surface area contributed by atoms with E-state index in [1.54, 1.807) is 6.07 Å². The summed E-state index contributed by atoms with van der Waals surface area (Å²) in [7, 11) is 0. The highest BCUT2D eigenvalue weighted by Gasteiger charge is 2.18. The van der Waals surface area contributed by atoms with Crippen molar-refractivity contribution in [2.24, 2.45) is 0 Å². The Morgan fingerprint density at radius 3 is 2.64 bits per heavy atom. The van der Waals surface area contributed by atoms with Gasteiger partial charge in [0.05, 0.1) is 15.1 Å². The van der Waals surface area contributed by atoms with Gasteiger partial charge in [-0.3, -0.25) is 0 Å². The van der Waals surface area contributed by atoms with Crippen molar-refractivity contribution in [3.8, 4) is 5.75 Å². The molecule has 0 N–H and O–H groups in total. The molecule has 2 rings (SSSR count). The minimum absolute atomic E-state index is 0.446. The van der Waals surface area contributed by atoms with Crippen LogP contribution in [0.1, 0.15) is 5.56 Å². The van der Waals surface area contributed by atoms with Gasteiger partial charge in [0, 0.05) is 9.14 Å². The van der Waals surface area contributed by atoms with Gasteiger partial charge in [0.25, 0.3) is 0 Å². The van der Waals surface area contributed by atoms with Crippen LogP contribution >= 0.6 is 57.4 Å². The van der Waals surface area contributed by atoms with Crippen LogP contribution in [0, 0.1) is 0 Å². The van der Waals surface area contributed by atoms with Gasteiger partial charge in [-0.15, -0.1) is 0 Å². The summed E-state index contributed by atoms with van der Waals surface area (Å²) in [4.78, 5) is 0. The first-order valence-electron chi connectivity index (χ1n) is 3.76. The van der Waals surface area contributed by atoms with Crippen molar-refractivity contribution >= 4 is 63.5 Å². The Labute approximate surface area is 110 Å². The Bertz CT molecular complexity index is 429. The molecule has 0 radical (unpaired) electrons. The third kappa shape index (κ3) is 1.85. The molecule has 1 nitrogen and oxygen atoms in total. The first-order valence-corrected chi connectivity index (χ1v) is 5.97. The number of ether oxygens (including phenoxy) is 1. The highest BCUT2D eigenvalue weighted by molar-refractivity contribution is 14.1. The average Bonchev–Trinajstić information content (AvgIpc) is 2.14. The Morgan fingerprint density at radius 2 is 1.93 bits per heavy atom. The standard InChI is InChI=1S/C9H4Cl3IO/c10-6-2-7(11)9-5(8(6)12)1-4(13)3-14-9/h1-2H,3H2. The maximum absolute atomic E-state index is 6.03. The van der Waals surface area contributed by atoms with Gasteiger partial charge in [-0.25, -0.2) is 0 Å². The Balaban J connectivity index is 2.71. The van der Waals surface area contributed by atoms with Gasteiger partial charge in [0.15, 0.2) is 0 Å². The number of fused-ring (bicyclic) bond motifs is 1. The molecule has 5 heteroatoms. The highest BCUT2D eigenvalue weighted by Crippen LogP contribution is 2.42. The van der Waals surface area contributed by atoms with Crippen molar-refractivity contribution < 1.29 is 4.74 Å². The highest BCUT2D eigenvalue weighted by atomic mass is 127. The van der Waals surface area contributed by atoms with Crippen molar-refractivity contribution in [3.05, 3.63) is 30.3 Å². The molecule has 0 spiro atoms. The van der Waals surface area contributed by atoms with Crippen LogP contribution in [-0.2, 0) is 0 Å². The second-order valence-electron chi connectivity index (χ2n) is 2.78. The molecule has 1 aliphatic heterocycles. The van der Waals surface area contributed by atoms with E-state index >= 15 is 0 Å². The Hall–Kier alpha value is 0.360. The maximum atomic E-state index is 6.03. The van der Waals surface area contributed by atoms with E-state index in [0.29, 0.717) is 27.4 Å². The molecule has 1 heterocycles. The predicted octanol–water partition coefficient (Wildman–Crippen LogP) is 4.82. The minimum Gasteiger partial charge on any atom is -0.486 e. The lowest BCUT2D eigenvalue weighted by atomic mass is 10.1. The van der Waals surface area contributed by atoms with Crippen molar-refractivity contribution in [3.63, 3.8) is 0 Å². The molecular weight excluding hydrogens is 357 g/mol. The summed E-state index contributed by atoms with van der Waals surface area (Å²) in [6.07, 6.45) is 1.93. The molecule has 0 fully saturated rings. The summed E-state index contributed by atoms with van der Waals surface area (Å²) in [5.41, 5.74) is 0.764. The van der Waals surface area contributed by atoms with Gasteiger partial charge in [0.2, 0.25) is 0 Å². The van der Waals surface area contributed by atoms with E-state index in [4.69, 9.17) is 39.5 Å². The molecule has 1 aliphatic rings. The summed E-state index contributed by atoms with van der Waals surface area (Å²) in [5, 5.41) is 1.43. The topological polar surface area (TPSA) is 9.23 Å². The van der Waals surface area contributed by atoms with Gasteiger partial charge in [-0.05, 0) is 34.7 Å². The monoisotopic (exact) mass is 360 g/mol. The molecule has 74 valence electrons. The SMILES string of the molecule is Clc1cc(Cl)c2c(c1Cl)C=C(I)CO2. The van der Waals surface area contributed by atoms with Gasteiger partial charge < -0.3 is 4.74 Å². The lowest BCUT2D eigenvalue weighted by Crippen LogP contribution is -2.04. The zero-order valence-corrected chi connectivity index (χ0v) is 11.2. The Morgan fingerprint density at radius 1 is 1.21 bits per heavy atom. The third-order valence-electron chi connectivity index (χ3n) is 1.82. The van der Waals surface area contributed by atoms with Crippen molar-refractivity contribution in [2.45, 2.75) is 0 Å². The quantitative estimate of drug-likeness (QED) is 0.476. The van der Waals surface area contributed by atoms with E-state index in [1.165, 1.54) is 0 Å².